The lowest BCUT2D eigenvalue weighted by molar-refractivity contribution is 0.520. The lowest BCUT2D eigenvalue weighted by atomic mass is 9.90. The van der Waals surface area contributed by atoms with Gasteiger partial charge in [-0.2, -0.15) is 20.5 Å². The van der Waals surface area contributed by atoms with Gasteiger partial charge in [0.15, 0.2) is 0 Å². The van der Waals surface area contributed by atoms with Crippen LogP contribution in [0.1, 0.15) is 132 Å². The van der Waals surface area contributed by atoms with Crippen molar-refractivity contribution in [1.82, 2.24) is 60.2 Å². The zero-order valence-electron chi connectivity index (χ0n) is 35.0. The number of H-pyrrole nitrogens is 1. The number of aryl methyl sites for hydroxylation is 3. The lowest BCUT2D eigenvalue weighted by Crippen LogP contribution is -2.16. The van der Waals surface area contributed by atoms with E-state index in [-0.39, 0.29) is 27.1 Å². The van der Waals surface area contributed by atoms with Crippen LogP contribution in [0.25, 0.3) is 10.9 Å². The predicted molar refractivity (Wildman–Crippen MR) is 215 cm³/mol. The predicted octanol–water partition coefficient (Wildman–Crippen LogP) is 8.64. The van der Waals surface area contributed by atoms with Gasteiger partial charge in [0.25, 0.3) is 0 Å². The Hall–Kier alpha value is -4.26. The highest BCUT2D eigenvalue weighted by Crippen LogP contribution is 2.28. The molecule has 5 aromatic heterocycles. The Kier molecular flexibility index (Phi) is 14.8. The molecule has 0 saturated heterocycles. The van der Waals surface area contributed by atoms with Crippen molar-refractivity contribution in [2.24, 2.45) is 21.1 Å². The molecule has 0 atom stereocenters. The van der Waals surface area contributed by atoms with Crippen molar-refractivity contribution in [1.29, 1.82) is 0 Å². The van der Waals surface area contributed by atoms with Crippen molar-refractivity contribution < 1.29 is 0 Å². The fourth-order valence-corrected chi connectivity index (χ4v) is 5.31. The SMILES string of the molecule is CC(C)(C)c1cn[nH]n1.CC(C)(C)c1nccs1.Cn1cc(C(C)(C)C)nn1.Cn1nc(C(C)(C)C)c2ccccc21.Cn1nncc1C(C)(C)C. The summed E-state index contributed by atoms with van der Waals surface area (Å²) in [6, 6.07) is 8.37. The van der Waals surface area contributed by atoms with E-state index in [1.807, 2.05) is 43.6 Å². The average Bonchev–Trinajstić information content (AvgIpc) is 3.84. The van der Waals surface area contributed by atoms with Crippen molar-refractivity contribution in [3.05, 3.63) is 82.2 Å². The zero-order valence-corrected chi connectivity index (χ0v) is 35.8. The van der Waals surface area contributed by atoms with Crippen LogP contribution in [0, 0.1) is 0 Å². The number of rotatable bonds is 0. The van der Waals surface area contributed by atoms with Gasteiger partial charge in [-0.3, -0.25) is 14.0 Å². The first-order chi connectivity index (χ1) is 23.7. The van der Waals surface area contributed by atoms with E-state index < -0.39 is 0 Å². The fraction of sp³-hybridized carbons (Fsp3) is 0.590. The fourth-order valence-electron chi connectivity index (χ4n) is 4.58. The molecule has 52 heavy (non-hydrogen) atoms. The first-order valence-electron chi connectivity index (χ1n) is 17.6. The molecule has 0 amide bonds. The van der Waals surface area contributed by atoms with E-state index in [4.69, 9.17) is 0 Å². The first-order valence-corrected chi connectivity index (χ1v) is 18.5. The highest BCUT2D eigenvalue weighted by molar-refractivity contribution is 7.09. The van der Waals surface area contributed by atoms with E-state index in [0.717, 1.165) is 17.1 Å². The van der Waals surface area contributed by atoms with Gasteiger partial charge in [0, 0.05) is 71.4 Å². The molecule has 0 aliphatic carbocycles. The summed E-state index contributed by atoms with van der Waals surface area (Å²) in [7, 11) is 5.79. The minimum absolute atomic E-state index is 0.112. The molecule has 0 saturated carbocycles. The minimum Gasteiger partial charge on any atom is -0.268 e. The molecule has 1 aromatic carbocycles. The second kappa shape index (κ2) is 17.5. The summed E-state index contributed by atoms with van der Waals surface area (Å²) in [6.45, 7) is 32.2. The third kappa shape index (κ3) is 13.7. The van der Waals surface area contributed by atoms with Gasteiger partial charge >= 0.3 is 0 Å². The molecule has 6 rings (SSSR count). The van der Waals surface area contributed by atoms with Crippen LogP contribution in [-0.2, 0) is 48.2 Å². The summed E-state index contributed by atoms with van der Waals surface area (Å²) in [5.74, 6) is 0. The monoisotopic (exact) mass is 733 g/mol. The molecule has 0 aliphatic heterocycles. The molecule has 0 radical (unpaired) electrons. The highest BCUT2D eigenvalue weighted by atomic mass is 32.1. The van der Waals surface area contributed by atoms with E-state index in [1.165, 1.54) is 21.6 Å². The molecule has 0 aliphatic rings. The van der Waals surface area contributed by atoms with Crippen LogP contribution >= 0.6 is 11.3 Å². The maximum Gasteiger partial charge on any atom is 0.0978 e. The van der Waals surface area contributed by atoms with Gasteiger partial charge in [-0.25, -0.2) is 4.98 Å². The normalized spacial score (nSPS) is 12.0. The van der Waals surface area contributed by atoms with Crippen LogP contribution < -0.4 is 0 Å². The Labute approximate surface area is 315 Å². The van der Waals surface area contributed by atoms with E-state index in [9.17, 15) is 0 Å². The van der Waals surface area contributed by atoms with E-state index in [0.29, 0.717) is 0 Å². The molecular weight excluding hydrogens is 669 g/mol. The largest absolute Gasteiger partial charge is 0.268 e. The minimum atomic E-state index is 0.112. The molecule has 0 fully saturated rings. The Bertz CT molecular complexity index is 1830. The molecule has 13 heteroatoms. The number of benzene rings is 1. The number of nitrogens with zero attached hydrogens (tertiary/aromatic N) is 11. The van der Waals surface area contributed by atoms with Gasteiger partial charge in [0.05, 0.1) is 45.7 Å². The van der Waals surface area contributed by atoms with Crippen LogP contribution in [-0.4, -0.2) is 60.2 Å². The second-order valence-corrected chi connectivity index (χ2v) is 18.8. The van der Waals surface area contributed by atoms with Crippen molar-refractivity contribution in [2.75, 3.05) is 0 Å². The molecule has 286 valence electrons. The Morgan fingerprint density at radius 1 is 0.654 bits per heavy atom. The summed E-state index contributed by atoms with van der Waals surface area (Å²) >= 11 is 1.72. The van der Waals surface area contributed by atoms with Crippen LogP contribution in [0.15, 0.2) is 54.4 Å². The number of fused-ring (bicyclic) bond motifs is 1. The topological polar surface area (TPSA) is 134 Å². The molecular formula is C39H64N12S. The average molecular weight is 733 g/mol. The van der Waals surface area contributed by atoms with Gasteiger partial charge in [0.1, 0.15) is 0 Å². The number of thiazole rings is 1. The third-order valence-electron chi connectivity index (χ3n) is 7.58. The maximum absolute atomic E-state index is 4.58. The van der Waals surface area contributed by atoms with E-state index in [2.05, 4.69) is 174 Å². The third-order valence-corrected chi connectivity index (χ3v) is 8.78. The highest BCUT2D eigenvalue weighted by Gasteiger charge is 2.21. The van der Waals surface area contributed by atoms with Crippen LogP contribution in [0.4, 0.5) is 0 Å². The lowest BCUT2D eigenvalue weighted by Gasteiger charge is -2.16. The van der Waals surface area contributed by atoms with Gasteiger partial charge in [0.2, 0.25) is 0 Å². The number of hydrogen-bond donors (Lipinski definition) is 1. The first kappa shape index (κ1) is 43.9. The number of aromatic nitrogens is 12. The van der Waals surface area contributed by atoms with Crippen LogP contribution in [0.3, 0.4) is 0 Å². The summed E-state index contributed by atoms with van der Waals surface area (Å²) in [4.78, 5) is 4.21. The summed E-state index contributed by atoms with van der Waals surface area (Å²) in [5, 5.41) is 34.8. The van der Waals surface area contributed by atoms with Crippen LogP contribution in [0.2, 0.25) is 0 Å². The molecule has 12 nitrogen and oxygen atoms in total. The Balaban J connectivity index is 0.000000228. The van der Waals surface area contributed by atoms with Crippen molar-refractivity contribution in [3.63, 3.8) is 0 Å². The number of para-hydroxylation sites is 1. The van der Waals surface area contributed by atoms with Crippen molar-refractivity contribution in [2.45, 2.75) is 131 Å². The quantitative estimate of drug-likeness (QED) is 0.164. The summed E-state index contributed by atoms with van der Waals surface area (Å²) in [6.07, 6.45) is 7.35. The number of aromatic amines is 1. The van der Waals surface area contributed by atoms with E-state index in [1.54, 1.807) is 33.1 Å². The number of nitrogens with one attached hydrogen (secondary N) is 1. The smallest absolute Gasteiger partial charge is 0.0978 e. The van der Waals surface area contributed by atoms with Gasteiger partial charge in [-0.15, -0.1) is 21.5 Å². The van der Waals surface area contributed by atoms with Crippen LogP contribution in [0.5, 0.6) is 0 Å². The second-order valence-electron chi connectivity index (χ2n) is 18.0. The summed E-state index contributed by atoms with van der Waals surface area (Å²) < 4.78 is 5.48. The standard InChI is InChI=1S/C12H16N2.2C7H13N3.C7H11NS.C6H11N3/c1-12(2,3)11-9-7-5-6-8-10(9)14(4)13-11;1-7(2,3)6-5-10(4)9-8-6;1-7(2,3)6-5-8-9-10(6)4;1-7(2,3)6-8-4-5-9-6;1-6(2,3)5-4-7-9-8-5/h5-8H,1-4H3;2*5H,1-4H3;4-5H,1-3H3;4H,1-3H3,(H,7,8,9). The molecule has 6 aromatic rings. The zero-order chi connectivity index (χ0) is 39.7. The van der Waals surface area contributed by atoms with Gasteiger partial charge < -0.3 is 0 Å². The van der Waals surface area contributed by atoms with Gasteiger partial charge in [-0.05, 0) is 6.07 Å². The molecule has 0 bridgehead atoms. The van der Waals surface area contributed by atoms with Crippen molar-refractivity contribution >= 4 is 22.2 Å². The molecule has 1 N–H and O–H groups in total. The molecule has 5 heterocycles. The Morgan fingerprint density at radius 3 is 1.60 bits per heavy atom. The molecule has 0 spiro atoms. The molecule has 0 unspecified atom stereocenters. The van der Waals surface area contributed by atoms with Crippen molar-refractivity contribution in [3.8, 4) is 0 Å². The number of hydrogen-bond acceptors (Lipinski definition) is 9. The summed E-state index contributed by atoms with van der Waals surface area (Å²) in [5.41, 5.74) is 6.31. The van der Waals surface area contributed by atoms with Gasteiger partial charge in [-0.1, -0.05) is 132 Å². The Morgan fingerprint density at radius 2 is 1.27 bits per heavy atom. The maximum atomic E-state index is 4.58. The van der Waals surface area contributed by atoms with E-state index >= 15 is 0 Å².